The number of carbonyl (C=O) groups is 1. The molecule has 94 valence electrons. The summed E-state index contributed by atoms with van der Waals surface area (Å²) in [4.78, 5) is 11.0. The first-order valence-corrected chi connectivity index (χ1v) is 7.67. The third kappa shape index (κ3) is 4.93. The van der Waals surface area contributed by atoms with Crippen LogP contribution in [0.4, 0.5) is 11.4 Å². The highest BCUT2D eigenvalue weighted by molar-refractivity contribution is 9.10. The predicted octanol–water partition coefficient (Wildman–Crippen LogP) is 2.00. The van der Waals surface area contributed by atoms with Crippen molar-refractivity contribution < 1.29 is 13.2 Å². The van der Waals surface area contributed by atoms with Crippen molar-refractivity contribution in [2.45, 2.75) is 0 Å². The van der Waals surface area contributed by atoms with Crippen LogP contribution in [0.5, 0.6) is 0 Å². The number of nitrogens with one attached hydrogen (secondary N) is 2. The summed E-state index contributed by atoms with van der Waals surface area (Å²) < 4.78 is 24.9. The lowest BCUT2D eigenvalue weighted by Crippen LogP contribution is -2.13. The van der Waals surface area contributed by atoms with Crippen molar-refractivity contribution >= 4 is 54.8 Å². The van der Waals surface area contributed by atoms with Gasteiger partial charge in [0.05, 0.1) is 11.9 Å². The Morgan fingerprint density at radius 1 is 1.47 bits per heavy atom. The second-order valence-corrected chi connectivity index (χ2v) is 6.12. The van der Waals surface area contributed by atoms with Crippen LogP contribution in [0.2, 0.25) is 0 Å². The van der Waals surface area contributed by atoms with Gasteiger partial charge in [-0.2, -0.15) is 0 Å². The maximum Gasteiger partial charge on any atom is 0.239 e. The average Bonchev–Trinajstić information content (AvgIpc) is 2.20. The Kier molecular flexibility index (Phi) is 4.79. The van der Waals surface area contributed by atoms with E-state index in [4.69, 9.17) is 11.6 Å². The van der Waals surface area contributed by atoms with Gasteiger partial charge in [-0.3, -0.25) is 9.52 Å². The first-order chi connectivity index (χ1) is 7.81. The van der Waals surface area contributed by atoms with Gasteiger partial charge in [0.15, 0.2) is 0 Å². The molecule has 0 saturated heterocycles. The van der Waals surface area contributed by atoms with E-state index in [1.165, 1.54) is 6.07 Å². The minimum absolute atomic E-state index is 0.138. The number of anilines is 2. The average molecular weight is 342 g/mol. The summed E-state index contributed by atoms with van der Waals surface area (Å²) in [5, 5.41) is 2.54. The molecule has 2 N–H and O–H groups in total. The minimum Gasteiger partial charge on any atom is -0.325 e. The number of alkyl halides is 1. The zero-order chi connectivity index (χ0) is 13.1. The van der Waals surface area contributed by atoms with Gasteiger partial charge in [-0.25, -0.2) is 8.42 Å². The predicted molar refractivity (Wildman–Crippen MR) is 72.0 cm³/mol. The van der Waals surface area contributed by atoms with Gasteiger partial charge in [0.1, 0.15) is 5.88 Å². The zero-order valence-electron chi connectivity index (χ0n) is 8.83. The van der Waals surface area contributed by atoms with E-state index in [9.17, 15) is 13.2 Å². The summed E-state index contributed by atoms with van der Waals surface area (Å²) in [6, 6.07) is 4.69. The number of halogens is 2. The first-order valence-electron chi connectivity index (χ1n) is 4.45. The molecule has 0 saturated carbocycles. The topological polar surface area (TPSA) is 75.3 Å². The third-order valence-corrected chi connectivity index (χ3v) is 3.16. The highest BCUT2D eigenvalue weighted by Gasteiger charge is 2.07. The molecular formula is C9H10BrClN2O3S. The number of sulfonamides is 1. The van der Waals surface area contributed by atoms with Gasteiger partial charge in [-0.05, 0) is 34.1 Å². The Hall–Kier alpha value is -0.790. The van der Waals surface area contributed by atoms with Crippen molar-refractivity contribution in [3.63, 3.8) is 0 Å². The molecule has 0 heterocycles. The standard InChI is InChI=1S/C9H10BrClN2O3S/c1-17(15,16)13-8-3-2-6(4-7(8)10)12-9(14)5-11/h2-4,13H,5H2,1H3,(H,12,14). The third-order valence-electron chi connectivity index (χ3n) is 1.67. The largest absolute Gasteiger partial charge is 0.325 e. The Bertz CT molecular complexity index is 533. The van der Waals surface area contributed by atoms with Gasteiger partial charge >= 0.3 is 0 Å². The fourth-order valence-corrected chi connectivity index (χ4v) is 2.32. The number of rotatable bonds is 4. The lowest BCUT2D eigenvalue weighted by atomic mass is 10.3. The molecule has 8 heteroatoms. The molecule has 0 radical (unpaired) electrons. The van der Waals surface area contributed by atoms with E-state index in [2.05, 4.69) is 26.0 Å². The summed E-state index contributed by atoms with van der Waals surface area (Å²) in [7, 11) is -3.33. The van der Waals surface area contributed by atoms with E-state index in [-0.39, 0.29) is 11.8 Å². The molecule has 17 heavy (non-hydrogen) atoms. The molecule has 5 nitrogen and oxygen atoms in total. The molecule has 0 fully saturated rings. The van der Waals surface area contributed by atoms with Crippen LogP contribution in [0.15, 0.2) is 22.7 Å². The van der Waals surface area contributed by atoms with Gasteiger partial charge < -0.3 is 5.32 Å². The summed E-state index contributed by atoms with van der Waals surface area (Å²) in [5.74, 6) is -0.469. The van der Waals surface area contributed by atoms with Gasteiger partial charge in [0.2, 0.25) is 15.9 Å². The molecule has 1 amide bonds. The summed E-state index contributed by atoms with van der Waals surface area (Å²) in [5.41, 5.74) is 0.929. The number of hydrogen-bond donors (Lipinski definition) is 2. The molecule has 0 aliphatic heterocycles. The van der Waals surface area contributed by atoms with Gasteiger partial charge in [-0.1, -0.05) is 0 Å². The van der Waals surface area contributed by atoms with Crippen LogP contribution in [0, 0.1) is 0 Å². The molecule has 0 aliphatic rings. The Balaban J connectivity index is 2.90. The molecule has 0 unspecified atom stereocenters. The summed E-state index contributed by atoms with van der Waals surface area (Å²) in [6.45, 7) is 0. The summed E-state index contributed by atoms with van der Waals surface area (Å²) in [6.07, 6.45) is 1.06. The molecule has 0 bridgehead atoms. The first kappa shape index (κ1) is 14.3. The zero-order valence-corrected chi connectivity index (χ0v) is 12.0. The monoisotopic (exact) mass is 340 g/mol. The second-order valence-electron chi connectivity index (χ2n) is 3.25. The lowest BCUT2D eigenvalue weighted by molar-refractivity contribution is -0.113. The van der Waals surface area contributed by atoms with E-state index >= 15 is 0 Å². The highest BCUT2D eigenvalue weighted by Crippen LogP contribution is 2.26. The Morgan fingerprint density at radius 2 is 2.12 bits per heavy atom. The van der Waals surface area contributed by atoms with Crippen LogP contribution in [0.3, 0.4) is 0 Å². The number of hydrogen-bond acceptors (Lipinski definition) is 3. The number of amides is 1. The van der Waals surface area contributed by atoms with Crippen molar-refractivity contribution in [2.75, 3.05) is 22.2 Å². The molecular weight excluding hydrogens is 332 g/mol. The van der Waals surface area contributed by atoms with Crippen LogP contribution in [-0.2, 0) is 14.8 Å². The van der Waals surface area contributed by atoms with Crippen molar-refractivity contribution in [3.05, 3.63) is 22.7 Å². The fourth-order valence-electron chi connectivity index (χ4n) is 1.07. The van der Waals surface area contributed by atoms with Crippen LogP contribution < -0.4 is 10.0 Å². The summed E-state index contributed by atoms with van der Waals surface area (Å²) >= 11 is 8.55. The smallest absolute Gasteiger partial charge is 0.239 e. The van der Waals surface area contributed by atoms with Crippen LogP contribution >= 0.6 is 27.5 Å². The molecule has 1 rings (SSSR count). The molecule has 0 spiro atoms. The number of benzene rings is 1. The molecule has 1 aromatic carbocycles. The van der Waals surface area contributed by atoms with E-state index in [1.807, 2.05) is 0 Å². The minimum atomic E-state index is -3.33. The van der Waals surface area contributed by atoms with Crippen molar-refractivity contribution in [2.24, 2.45) is 0 Å². The second kappa shape index (κ2) is 5.70. The molecule has 0 aliphatic carbocycles. The van der Waals surface area contributed by atoms with Crippen LogP contribution in [0.1, 0.15) is 0 Å². The highest BCUT2D eigenvalue weighted by atomic mass is 79.9. The number of carbonyl (C=O) groups excluding carboxylic acids is 1. The van der Waals surface area contributed by atoms with Gasteiger partial charge in [0, 0.05) is 10.2 Å². The van der Waals surface area contributed by atoms with E-state index < -0.39 is 10.0 Å². The van der Waals surface area contributed by atoms with Gasteiger partial charge in [0.25, 0.3) is 0 Å². The maximum atomic E-state index is 11.0. The van der Waals surface area contributed by atoms with Crippen molar-refractivity contribution in [3.8, 4) is 0 Å². The van der Waals surface area contributed by atoms with Crippen molar-refractivity contribution in [1.29, 1.82) is 0 Å². The van der Waals surface area contributed by atoms with Crippen LogP contribution in [0.25, 0.3) is 0 Å². The van der Waals surface area contributed by atoms with E-state index in [0.29, 0.717) is 15.8 Å². The quantitative estimate of drug-likeness (QED) is 0.823. The van der Waals surface area contributed by atoms with Gasteiger partial charge in [-0.15, -0.1) is 11.6 Å². The SMILES string of the molecule is CS(=O)(=O)Nc1ccc(NC(=O)CCl)cc1Br. The molecule has 0 aromatic heterocycles. The molecule has 0 atom stereocenters. The lowest BCUT2D eigenvalue weighted by Gasteiger charge is -2.09. The Morgan fingerprint density at radius 3 is 2.59 bits per heavy atom. The van der Waals surface area contributed by atoms with Crippen LogP contribution in [-0.4, -0.2) is 26.5 Å². The van der Waals surface area contributed by atoms with E-state index in [0.717, 1.165) is 6.26 Å². The van der Waals surface area contributed by atoms with E-state index in [1.54, 1.807) is 12.1 Å². The molecule has 1 aromatic rings. The normalized spacial score (nSPS) is 11.0. The fraction of sp³-hybridized carbons (Fsp3) is 0.222. The maximum absolute atomic E-state index is 11.0. The Labute approximate surface area is 113 Å². The van der Waals surface area contributed by atoms with Crippen molar-refractivity contribution in [1.82, 2.24) is 0 Å².